The second-order valence-electron chi connectivity index (χ2n) is 8.38. The first-order valence-corrected chi connectivity index (χ1v) is 11.5. The molecule has 3 heterocycles. The fourth-order valence-electron chi connectivity index (χ4n) is 4.61. The number of benzene rings is 2. The largest absolute Gasteiger partial charge is 0.457 e. The molecule has 35 heavy (non-hydrogen) atoms. The molecule has 8 heteroatoms. The lowest BCUT2D eigenvalue weighted by Gasteiger charge is -2.32. The topological polar surface area (TPSA) is 95.4 Å². The lowest BCUT2D eigenvalue weighted by Crippen LogP contribution is -2.42. The van der Waals surface area contributed by atoms with Gasteiger partial charge in [0.1, 0.15) is 22.8 Å². The summed E-state index contributed by atoms with van der Waals surface area (Å²) in [6.45, 7) is 2.69. The van der Waals surface area contributed by atoms with Gasteiger partial charge in [-0.3, -0.25) is 13.9 Å². The highest BCUT2D eigenvalue weighted by molar-refractivity contribution is 5.93. The average molecular weight is 468 g/mol. The Morgan fingerprint density at radius 3 is 2.57 bits per heavy atom. The van der Waals surface area contributed by atoms with Crippen LogP contribution in [0.2, 0.25) is 0 Å². The highest BCUT2D eigenvalue weighted by Crippen LogP contribution is 2.29. The van der Waals surface area contributed by atoms with E-state index in [-0.39, 0.29) is 23.5 Å². The van der Waals surface area contributed by atoms with Crippen molar-refractivity contribution in [1.82, 2.24) is 19.0 Å². The van der Waals surface area contributed by atoms with Gasteiger partial charge < -0.3 is 15.4 Å². The zero-order valence-corrected chi connectivity index (χ0v) is 19.3. The van der Waals surface area contributed by atoms with E-state index in [0.29, 0.717) is 35.6 Å². The molecule has 8 nitrogen and oxygen atoms in total. The molecule has 0 spiro atoms. The maximum atomic E-state index is 13.8. The number of rotatable bonds is 4. The van der Waals surface area contributed by atoms with Crippen LogP contribution in [0.25, 0.3) is 16.7 Å². The van der Waals surface area contributed by atoms with Gasteiger partial charge in [0.15, 0.2) is 0 Å². The van der Waals surface area contributed by atoms with Crippen molar-refractivity contribution in [3.8, 4) is 29.0 Å². The van der Waals surface area contributed by atoms with Crippen LogP contribution >= 0.6 is 0 Å². The molecule has 1 aliphatic heterocycles. The number of hydrogen-bond donors (Lipinski definition) is 1. The molecule has 1 amide bonds. The number of anilines is 1. The smallest absolute Gasteiger partial charge is 0.334 e. The zero-order valence-electron chi connectivity index (χ0n) is 19.3. The molecule has 0 aliphatic carbocycles. The standard InChI is InChI=1S/C27H25N5O3/c1-2-7-24(33)30-17-6-8-20(18-30)31-23-15-16-29-26(28)25(23)32(27(31)34)19-11-13-22(14-12-19)35-21-9-4-3-5-10-21/h3-5,9-16,20H,6,8,17-18H2,1H3,(H2,28,29). The normalized spacial score (nSPS) is 15.5. The number of piperidine rings is 1. The zero-order chi connectivity index (χ0) is 24.4. The van der Waals surface area contributed by atoms with Crippen molar-refractivity contribution in [2.75, 3.05) is 18.8 Å². The lowest BCUT2D eigenvalue weighted by molar-refractivity contribution is -0.126. The summed E-state index contributed by atoms with van der Waals surface area (Å²) in [5.74, 6) is 6.70. The van der Waals surface area contributed by atoms with Gasteiger partial charge in [0.05, 0.1) is 17.2 Å². The van der Waals surface area contributed by atoms with Crippen molar-refractivity contribution in [2.24, 2.45) is 0 Å². The number of nitrogens with zero attached hydrogens (tertiary/aromatic N) is 4. The number of fused-ring (bicyclic) bond motifs is 1. The average Bonchev–Trinajstić information content (AvgIpc) is 3.18. The van der Waals surface area contributed by atoms with Crippen LogP contribution < -0.4 is 16.2 Å². The molecule has 0 radical (unpaired) electrons. The van der Waals surface area contributed by atoms with E-state index in [9.17, 15) is 9.59 Å². The van der Waals surface area contributed by atoms with Crippen LogP contribution in [-0.2, 0) is 4.79 Å². The molecule has 2 aromatic carbocycles. The van der Waals surface area contributed by atoms with Gasteiger partial charge in [-0.05, 0) is 68.2 Å². The van der Waals surface area contributed by atoms with E-state index < -0.39 is 0 Å². The first-order chi connectivity index (χ1) is 17.1. The number of likely N-dealkylation sites (tertiary alicyclic amines) is 1. The molecule has 1 saturated heterocycles. The molecular formula is C27H25N5O3. The molecule has 5 rings (SSSR count). The highest BCUT2D eigenvalue weighted by Gasteiger charge is 2.28. The van der Waals surface area contributed by atoms with Crippen molar-refractivity contribution in [3.05, 3.63) is 77.3 Å². The van der Waals surface area contributed by atoms with Gasteiger partial charge in [0.2, 0.25) is 0 Å². The van der Waals surface area contributed by atoms with Crippen molar-refractivity contribution in [1.29, 1.82) is 0 Å². The predicted octanol–water partition coefficient (Wildman–Crippen LogP) is 3.75. The second kappa shape index (κ2) is 9.39. The number of ether oxygens (including phenoxy) is 1. The van der Waals surface area contributed by atoms with Gasteiger partial charge in [0.25, 0.3) is 5.91 Å². The minimum absolute atomic E-state index is 0.190. The van der Waals surface area contributed by atoms with E-state index >= 15 is 0 Å². The van der Waals surface area contributed by atoms with E-state index in [1.54, 1.807) is 33.2 Å². The molecule has 2 N–H and O–H groups in total. The lowest BCUT2D eigenvalue weighted by atomic mass is 10.1. The van der Waals surface area contributed by atoms with Gasteiger partial charge in [-0.2, -0.15) is 0 Å². The molecule has 1 fully saturated rings. The first kappa shape index (κ1) is 22.3. The minimum Gasteiger partial charge on any atom is -0.457 e. The van der Waals surface area contributed by atoms with Gasteiger partial charge in [0, 0.05) is 19.3 Å². The molecule has 4 aromatic rings. The highest BCUT2D eigenvalue weighted by atomic mass is 16.5. The Morgan fingerprint density at radius 2 is 1.83 bits per heavy atom. The Hall–Kier alpha value is -4.51. The predicted molar refractivity (Wildman–Crippen MR) is 135 cm³/mol. The number of para-hydroxylation sites is 1. The molecule has 1 unspecified atom stereocenters. The van der Waals surface area contributed by atoms with Crippen molar-refractivity contribution < 1.29 is 9.53 Å². The number of pyridine rings is 1. The van der Waals surface area contributed by atoms with Crippen LogP contribution in [0.5, 0.6) is 11.5 Å². The number of hydrogen-bond acceptors (Lipinski definition) is 5. The van der Waals surface area contributed by atoms with Gasteiger partial charge in [-0.25, -0.2) is 9.78 Å². The van der Waals surface area contributed by atoms with E-state index in [2.05, 4.69) is 16.8 Å². The third-order valence-electron chi connectivity index (χ3n) is 6.17. The third kappa shape index (κ3) is 4.24. The quantitative estimate of drug-likeness (QED) is 0.461. The van der Waals surface area contributed by atoms with Gasteiger partial charge in [-0.1, -0.05) is 24.1 Å². The number of amides is 1. The summed E-state index contributed by atoms with van der Waals surface area (Å²) in [7, 11) is 0. The summed E-state index contributed by atoms with van der Waals surface area (Å²) >= 11 is 0. The Bertz CT molecular complexity index is 1490. The number of carbonyl (C=O) groups excluding carboxylic acids is 1. The van der Waals surface area contributed by atoms with Crippen LogP contribution in [0.4, 0.5) is 5.82 Å². The van der Waals surface area contributed by atoms with E-state index in [0.717, 1.165) is 18.6 Å². The van der Waals surface area contributed by atoms with Crippen molar-refractivity contribution in [3.63, 3.8) is 0 Å². The molecule has 0 saturated carbocycles. The fraction of sp³-hybridized carbons (Fsp3) is 0.222. The Labute approximate surface area is 202 Å². The Balaban J connectivity index is 1.55. The summed E-state index contributed by atoms with van der Waals surface area (Å²) in [4.78, 5) is 32.1. The molecule has 176 valence electrons. The Kier molecular flexibility index (Phi) is 5.98. The summed E-state index contributed by atoms with van der Waals surface area (Å²) < 4.78 is 9.20. The summed E-state index contributed by atoms with van der Waals surface area (Å²) in [5, 5.41) is 0. The van der Waals surface area contributed by atoms with E-state index in [1.165, 1.54) is 0 Å². The number of imidazole rings is 1. The second-order valence-corrected chi connectivity index (χ2v) is 8.38. The van der Waals surface area contributed by atoms with Gasteiger partial charge in [-0.15, -0.1) is 0 Å². The number of nitrogen functional groups attached to an aromatic ring is 1. The monoisotopic (exact) mass is 467 g/mol. The third-order valence-corrected chi connectivity index (χ3v) is 6.17. The first-order valence-electron chi connectivity index (χ1n) is 11.5. The summed E-state index contributed by atoms with van der Waals surface area (Å²) in [6.07, 6.45) is 3.16. The van der Waals surface area contributed by atoms with E-state index in [1.807, 2.05) is 54.6 Å². The molecule has 0 bridgehead atoms. The van der Waals surface area contributed by atoms with Crippen LogP contribution in [0, 0.1) is 11.8 Å². The molecule has 1 atom stereocenters. The SMILES string of the molecule is CC#CC(=O)N1CCCC(n2c(=O)n(-c3ccc(Oc4ccccc4)cc3)c3c(N)nccc32)C1. The van der Waals surface area contributed by atoms with Crippen LogP contribution in [0.1, 0.15) is 25.8 Å². The number of nitrogens with two attached hydrogens (primary N) is 1. The molecule has 2 aromatic heterocycles. The van der Waals surface area contributed by atoms with Crippen LogP contribution in [0.15, 0.2) is 71.7 Å². The number of aromatic nitrogens is 3. The van der Waals surface area contributed by atoms with Crippen molar-refractivity contribution >= 4 is 22.8 Å². The van der Waals surface area contributed by atoms with Gasteiger partial charge >= 0.3 is 5.69 Å². The Morgan fingerprint density at radius 1 is 1.09 bits per heavy atom. The van der Waals surface area contributed by atoms with Crippen LogP contribution in [0.3, 0.4) is 0 Å². The molecule has 1 aliphatic rings. The minimum atomic E-state index is -0.225. The fourth-order valence-corrected chi connectivity index (χ4v) is 4.61. The summed E-state index contributed by atoms with van der Waals surface area (Å²) in [5.41, 5.74) is 7.92. The maximum Gasteiger partial charge on any atom is 0.334 e. The number of carbonyl (C=O) groups is 1. The van der Waals surface area contributed by atoms with Crippen LogP contribution in [-0.4, -0.2) is 38.0 Å². The molecular weight excluding hydrogens is 442 g/mol. The summed E-state index contributed by atoms with van der Waals surface area (Å²) in [6, 6.07) is 18.4. The van der Waals surface area contributed by atoms with Crippen molar-refractivity contribution in [2.45, 2.75) is 25.8 Å². The maximum absolute atomic E-state index is 13.8. The van der Waals surface area contributed by atoms with E-state index in [4.69, 9.17) is 10.5 Å².